The second kappa shape index (κ2) is 8.90. The average molecular weight is 363 g/mol. The van der Waals surface area contributed by atoms with E-state index in [1.807, 2.05) is 0 Å². The summed E-state index contributed by atoms with van der Waals surface area (Å²) in [6.07, 6.45) is -2.83. The molecule has 0 aliphatic carbocycles. The highest BCUT2D eigenvalue weighted by atomic mass is 19.3. The molecular formula is C19H16F3NO3. The second-order valence-electron chi connectivity index (χ2n) is 5.29. The Kier molecular flexibility index (Phi) is 6.61. The van der Waals surface area contributed by atoms with Crippen molar-refractivity contribution in [3.8, 4) is 11.5 Å². The minimum absolute atomic E-state index is 0.00272. The van der Waals surface area contributed by atoms with E-state index >= 15 is 0 Å². The zero-order valence-electron chi connectivity index (χ0n) is 14.0. The van der Waals surface area contributed by atoms with E-state index in [2.05, 4.69) is 4.85 Å². The molecule has 0 unspecified atom stereocenters. The third-order valence-electron chi connectivity index (χ3n) is 3.49. The molecule has 0 spiro atoms. The van der Waals surface area contributed by atoms with Gasteiger partial charge in [-0.25, -0.2) is 18.0 Å². The Morgan fingerprint density at radius 2 is 2.04 bits per heavy atom. The van der Waals surface area contributed by atoms with E-state index in [0.29, 0.717) is 0 Å². The monoisotopic (exact) mass is 363 g/mol. The summed E-state index contributed by atoms with van der Waals surface area (Å²) in [6.45, 7) is 8.80. The van der Waals surface area contributed by atoms with Gasteiger partial charge in [0.1, 0.15) is 17.3 Å². The van der Waals surface area contributed by atoms with E-state index in [4.69, 9.17) is 16.0 Å². The number of aryl methyl sites for hydroxylation is 1. The van der Waals surface area contributed by atoms with Crippen LogP contribution in [-0.2, 0) is 16.0 Å². The summed E-state index contributed by atoms with van der Waals surface area (Å²) in [5.74, 6) is -1.39. The number of benzene rings is 2. The SMILES string of the molecule is [C-]#[N+]c1cc(F)cc(Oc2cccc(CCC(=O)OCC)c2C(F)F)c1. The number of hydrogen-bond acceptors (Lipinski definition) is 3. The van der Waals surface area contributed by atoms with Crippen LogP contribution in [0.3, 0.4) is 0 Å². The maximum atomic E-state index is 13.6. The first-order valence-electron chi connectivity index (χ1n) is 7.86. The molecule has 0 bridgehead atoms. The zero-order chi connectivity index (χ0) is 19.1. The molecule has 136 valence electrons. The first-order valence-corrected chi connectivity index (χ1v) is 7.86. The van der Waals surface area contributed by atoms with Crippen molar-refractivity contribution in [1.82, 2.24) is 0 Å². The van der Waals surface area contributed by atoms with Crippen molar-refractivity contribution in [1.29, 1.82) is 0 Å². The summed E-state index contributed by atoms with van der Waals surface area (Å²) in [7, 11) is 0. The second-order valence-corrected chi connectivity index (χ2v) is 5.29. The largest absolute Gasteiger partial charge is 0.466 e. The van der Waals surface area contributed by atoms with E-state index in [1.165, 1.54) is 24.3 Å². The Balaban J connectivity index is 2.31. The number of halogens is 3. The van der Waals surface area contributed by atoms with Crippen LogP contribution in [0.2, 0.25) is 0 Å². The smallest absolute Gasteiger partial charge is 0.306 e. The van der Waals surface area contributed by atoms with Crippen LogP contribution < -0.4 is 4.74 Å². The van der Waals surface area contributed by atoms with Crippen molar-refractivity contribution in [2.75, 3.05) is 6.61 Å². The minimum atomic E-state index is -2.85. The molecule has 7 heteroatoms. The van der Waals surface area contributed by atoms with Crippen molar-refractivity contribution < 1.29 is 27.4 Å². The quantitative estimate of drug-likeness (QED) is 0.475. The van der Waals surface area contributed by atoms with Crippen molar-refractivity contribution in [2.45, 2.75) is 26.2 Å². The molecule has 2 rings (SSSR count). The van der Waals surface area contributed by atoms with Crippen LogP contribution in [0, 0.1) is 12.4 Å². The summed E-state index contributed by atoms with van der Waals surface area (Å²) in [4.78, 5) is 14.6. The summed E-state index contributed by atoms with van der Waals surface area (Å²) < 4.78 is 50.9. The van der Waals surface area contributed by atoms with E-state index in [-0.39, 0.29) is 47.8 Å². The number of rotatable bonds is 7. The lowest BCUT2D eigenvalue weighted by Crippen LogP contribution is -2.07. The van der Waals surface area contributed by atoms with Gasteiger partial charge >= 0.3 is 5.97 Å². The summed E-state index contributed by atoms with van der Waals surface area (Å²) in [6, 6.07) is 7.60. The van der Waals surface area contributed by atoms with Crippen LogP contribution in [0.1, 0.15) is 30.9 Å². The molecule has 0 saturated heterocycles. The van der Waals surface area contributed by atoms with Crippen LogP contribution in [0.5, 0.6) is 11.5 Å². The third kappa shape index (κ3) is 4.99. The maximum Gasteiger partial charge on any atom is 0.306 e. The van der Waals surface area contributed by atoms with Gasteiger partial charge in [0.25, 0.3) is 6.43 Å². The van der Waals surface area contributed by atoms with Crippen molar-refractivity contribution in [2.24, 2.45) is 0 Å². The van der Waals surface area contributed by atoms with Crippen molar-refractivity contribution >= 4 is 11.7 Å². The van der Waals surface area contributed by atoms with Crippen LogP contribution in [0.25, 0.3) is 4.85 Å². The highest BCUT2D eigenvalue weighted by Gasteiger charge is 2.20. The Morgan fingerprint density at radius 1 is 1.27 bits per heavy atom. The summed E-state index contributed by atoms with van der Waals surface area (Å²) >= 11 is 0. The molecule has 0 fully saturated rings. The standard InChI is InChI=1S/C19H16F3NO3/c1-3-25-17(24)8-7-12-5-4-6-16(18(12)19(21)22)26-15-10-13(20)9-14(11-15)23-2/h4-6,9-11,19H,3,7-8H2,1H3. The summed E-state index contributed by atoms with van der Waals surface area (Å²) in [5.41, 5.74) is -0.130. The fourth-order valence-electron chi connectivity index (χ4n) is 2.41. The molecule has 0 amide bonds. The summed E-state index contributed by atoms with van der Waals surface area (Å²) in [5, 5.41) is 0. The number of esters is 1. The molecule has 2 aromatic rings. The third-order valence-corrected chi connectivity index (χ3v) is 3.49. The number of nitrogens with zero attached hydrogens (tertiary/aromatic N) is 1. The fourth-order valence-corrected chi connectivity index (χ4v) is 2.41. The lowest BCUT2D eigenvalue weighted by atomic mass is 10.0. The Bertz CT molecular complexity index is 831. The number of carbonyl (C=O) groups excluding carboxylic acids is 1. The van der Waals surface area contributed by atoms with Gasteiger partial charge in [-0.1, -0.05) is 12.1 Å². The predicted octanol–water partition coefficient (Wildman–Crippen LogP) is 5.60. The van der Waals surface area contributed by atoms with Crippen molar-refractivity contribution in [3.05, 3.63) is 64.8 Å². The van der Waals surface area contributed by atoms with Gasteiger partial charge in [0, 0.05) is 12.5 Å². The number of ether oxygens (including phenoxy) is 2. The van der Waals surface area contributed by atoms with Gasteiger partial charge in [-0.3, -0.25) is 4.79 Å². The van der Waals surface area contributed by atoms with Crippen LogP contribution in [0.4, 0.5) is 18.9 Å². The molecule has 2 aromatic carbocycles. The molecule has 0 radical (unpaired) electrons. The Labute approximate surface area is 149 Å². The highest BCUT2D eigenvalue weighted by Crippen LogP contribution is 2.36. The predicted molar refractivity (Wildman–Crippen MR) is 89.1 cm³/mol. The van der Waals surface area contributed by atoms with Crippen LogP contribution in [-0.4, -0.2) is 12.6 Å². The average Bonchev–Trinajstić information content (AvgIpc) is 2.59. The molecule has 4 nitrogen and oxygen atoms in total. The number of hydrogen-bond donors (Lipinski definition) is 0. The molecular weight excluding hydrogens is 347 g/mol. The molecule has 0 heterocycles. The lowest BCUT2D eigenvalue weighted by molar-refractivity contribution is -0.143. The lowest BCUT2D eigenvalue weighted by Gasteiger charge is -2.15. The molecule has 0 aliphatic rings. The Hall–Kier alpha value is -3.01. The molecule has 0 saturated carbocycles. The number of alkyl halides is 2. The van der Waals surface area contributed by atoms with Gasteiger partial charge < -0.3 is 9.47 Å². The van der Waals surface area contributed by atoms with Gasteiger partial charge in [0.2, 0.25) is 0 Å². The van der Waals surface area contributed by atoms with E-state index < -0.39 is 18.2 Å². The maximum absolute atomic E-state index is 13.6. The zero-order valence-corrected chi connectivity index (χ0v) is 14.0. The molecule has 26 heavy (non-hydrogen) atoms. The van der Waals surface area contributed by atoms with Crippen LogP contribution in [0.15, 0.2) is 36.4 Å². The van der Waals surface area contributed by atoms with Gasteiger partial charge in [-0.05, 0) is 37.1 Å². The van der Waals surface area contributed by atoms with E-state index in [0.717, 1.165) is 12.1 Å². The number of carbonyl (C=O) groups is 1. The van der Waals surface area contributed by atoms with Gasteiger partial charge in [-0.2, -0.15) is 0 Å². The van der Waals surface area contributed by atoms with Gasteiger partial charge in [0.05, 0.1) is 18.7 Å². The fraction of sp³-hybridized carbons (Fsp3) is 0.263. The molecule has 0 N–H and O–H groups in total. The van der Waals surface area contributed by atoms with Crippen molar-refractivity contribution in [3.63, 3.8) is 0 Å². The molecule has 0 aromatic heterocycles. The van der Waals surface area contributed by atoms with Gasteiger partial charge in [-0.15, -0.1) is 0 Å². The van der Waals surface area contributed by atoms with E-state index in [9.17, 15) is 18.0 Å². The van der Waals surface area contributed by atoms with Gasteiger partial charge in [0.15, 0.2) is 5.69 Å². The minimum Gasteiger partial charge on any atom is -0.466 e. The first-order chi connectivity index (χ1) is 12.4. The molecule has 0 aliphatic heterocycles. The normalized spacial score (nSPS) is 10.5. The Morgan fingerprint density at radius 3 is 2.69 bits per heavy atom. The topological polar surface area (TPSA) is 39.9 Å². The highest BCUT2D eigenvalue weighted by molar-refractivity contribution is 5.69. The van der Waals surface area contributed by atoms with E-state index in [1.54, 1.807) is 6.92 Å². The molecule has 0 atom stereocenters. The van der Waals surface area contributed by atoms with Crippen LogP contribution >= 0.6 is 0 Å². The first kappa shape index (κ1) is 19.3.